The highest BCUT2D eigenvalue weighted by atomic mass is 32.1. The van der Waals surface area contributed by atoms with Gasteiger partial charge in [0.15, 0.2) is 11.5 Å². The van der Waals surface area contributed by atoms with E-state index in [4.69, 9.17) is 9.47 Å². The minimum Gasteiger partial charge on any atom is -0.493 e. The lowest BCUT2D eigenvalue weighted by molar-refractivity contribution is 0.0475. The molecule has 4 nitrogen and oxygen atoms in total. The average molecular weight is 347 g/mol. The van der Waals surface area contributed by atoms with Gasteiger partial charge in [-0.1, -0.05) is 25.0 Å². The summed E-state index contributed by atoms with van der Waals surface area (Å²) in [5.41, 5.74) is 0.602. The number of rotatable bonds is 8. The van der Waals surface area contributed by atoms with E-state index in [9.17, 15) is 5.11 Å². The van der Waals surface area contributed by atoms with Gasteiger partial charge in [-0.15, -0.1) is 11.3 Å². The molecule has 2 aromatic rings. The molecular formula is C19H25NO3S. The molecule has 1 aromatic carbocycles. The first-order chi connectivity index (χ1) is 11.7. The zero-order valence-corrected chi connectivity index (χ0v) is 14.9. The van der Waals surface area contributed by atoms with Gasteiger partial charge in [-0.25, -0.2) is 0 Å². The molecule has 130 valence electrons. The summed E-state index contributed by atoms with van der Waals surface area (Å²) in [7, 11) is 1.66. The highest BCUT2D eigenvalue weighted by Gasteiger charge is 2.30. The quantitative estimate of drug-likeness (QED) is 0.764. The molecule has 1 fully saturated rings. The summed E-state index contributed by atoms with van der Waals surface area (Å²) in [4.78, 5) is 1.19. The Morgan fingerprint density at radius 1 is 1.21 bits per heavy atom. The molecule has 0 radical (unpaired) electrons. The Labute approximate surface area is 147 Å². The second kappa shape index (κ2) is 8.01. The second-order valence-electron chi connectivity index (χ2n) is 6.39. The highest BCUT2D eigenvalue weighted by Crippen LogP contribution is 2.30. The summed E-state index contributed by atoms with van der Waals surface area (Å²) in [5.74, 6) is 1.49. The van der Waals surface area contributed by atoms with Crippen LogP contribution in [0, 0.1) is 0 Å². The minimum absolute atomic E-state index is 0.520. The van der Waals surface area contributed by atoms with Crippen molar-refractivity contribution in [3.63, 3.8) is 0 Å². The van der Waals surface area contributed by atoms with Gasteiger partial charge in [0.1, 0.15) is 6.61 Å². The van der Waals surface area contributed by atoms with Gasteiger partial charge in [-0.2, -0.15) is 0 Å². The Kier molecular flexibility index (Phi) is 5.76. The molecule has 0 amide bonds. The Hall–Kier alpha value is -1.56. The van der Waals surface area contributed by atoms with Gasteiger partial charge in [-0.05, 0) is 42.0 Å². The number of thiophene rings is 1. The van der Waals surface area contributed by atoms with E-state index in [0.29, 0.717) is 19.7 Å². The molecule has 1 aliphatic rings. The monoisotopic (exact) mass is 347 g/mol. The van der Waals surface area contributed by atoms with Crippen molar-refractivity contribution in [3.8, 4) is 11.5 Å². The van der Waals surface area contributed by atoms with E-state index >= 15 is 0 Å². The molecule has 0 atom stereocenters. The van der Waals surface area contributed by atoms with Crippen molar-refractivity contribution in [2.45, 2.75) is 44.4 Å². The molecular weight excluding hydrogens is 322 g/mol. The number of benzene rings is 1. The molecule has 3 rings (SSSR count). The summed E-state index contributed by atoms with van der Waals surface area (Å²) in [6, 6.07) is 10.1. The Morgan fingerprint density at radius 3 is 2.75 bits per heavy atom. The van der Waals surface area contributed by atoms with Crippen molar-refractivity contribution in [3.05, 3.63) is 46.2 Å². The largest absolute Gasteiger partial charge is 0.493 e. The van der Waals surface area contributed by atoms with Crippen LogP contribution < -0.4 is 14.8 Å². The lowest BCUT2D eigenvalue weighted by Crippen LogP contribution is -2.37. The van der Waals surface area contributed by atoms with Gasteiger partial charge in [0.2, 0.25) is 0 Å². The highest BCUT2D eigenvalue weighted by molar-refractivity contribution is 7.09. The topological polar surface area (TPSA) is 50.7 Å². The minimum atomic E-state index is -0.520. The van der Waals surface area contributed by atoms with Crippen molar-refractivity contribution in [2.24, 2.45) is 0 Å². The fourth-order valence-electron chi connectivity index (χ4n) is 3.13. The zero-order valence-electron chi connectivity index (χ0n) is 14.1. The van der Waals surface area contributed by atoms with Gasteiger partial charge in [0, 0.05) is 18.0 Å². The summed E-state index contributed by atoms with van der Waals surface area (Å²) in [5, 5.41) is 15.8. The van der Waals surface area contributed by atoms with Crippen LogP contribution in [0.25, 0.3) is 0 Å². The SMILES string of the molecule is COc1cc(CNCC2(O)CCCC2)ccc1OCc1cccs1. The lowest BCUT2D eigenvalue weighted by Gasteiger charge is -2.22. The standard InChI is InChI=1S/C19H25NO3S/c1-22-18-11-15(12-20-14-19(21)8-2-3-9-19)6-7-17(18)23-13-16-5-4-10-24-16/h4-7,10-11,20-21H,2-3,8-9,12-14H2,1H3. The van der Waals surface area contributed by atoms with E-state index in [0.717, 1.165) is 42.7 Å². The maximum Gasteiger partial charge on any atom is 0.161 e. The fourth-order valence-corrected chi connectivity index (χ4v) is 3.75. The fraction of sp³-hybridized carbons (Fsp3) is 0.474. The number of methoxy groups -OCH3 is 1. The maximum atomic E-state index is 10.4. The first-order valence-corrected chi connectivity index (χ1v) is 9.32. The number of ether oxygens (including phenoxy) is 2. The first-order valence-electron chi connectivity index (χ1n) is 8.44. The Morgan fingerprint density at radius 2 is 2.04 bits per heavy atom. The molecule has 2 N–H and O–H groups in total. The van der Waals surface area contributed by atoms with Gasteiger partial charge in [0.25, 0.3) is 0 Å². The normalized spacial score (nSPS) is 16.2. The van der Waals surface area contributed by atoms with Crippen LogP contribution in [0.5, 0.6) is 11.5 Å². The van der Waals surface area contributed by atoms with Crippen LogP contribution in [0.3, 0.4) is 0 Å². The summed E-state index contributed by atoms with van der Waals surface area (Å²) in [6.45, 7) is 1.91. The molecule has 24 heavy (non-hydrogen) atoms. The molecule has 0 spiro atoms. The molecule has 1 aromatic heterocycles. The summed E-state index contributed by atoms with van der Waals surface area (Å²) in [6.07, 6.45) is 4.06. The molecule has 1 aliphatic carbocycles. The molecule has 0 unspecified atom stereocenters. The maximum absolute atomic E-state index is 10.4. The van der Waals surface area contributed by atoms with E-state index in [1.807, 2.05) is 29.6 Å². The molecule has 0 aliphatic heterocycles. The van der Waals surface area contributed by atoms with Crippen LogP contribution in [-0.2, 0) is 13.2 Å². The summed E-state index contributed by atoms with van der Waals surface area (Å²) < 4.78 is 11.3. The van der Waals surface area contributed by atoms with E-state index in [2.05, 4.69) is 11.4 Å². The third-order valence-electron chi connectivity index (χ3n) is 4.50. The van der Waals surface area contributed by atoms with Crippen molar-refractivity contribution >= 4 is 11.3 Å². The predicted octanol–water partition coefficient (Wildman–Crippen LogP) is 3.73. The first kappa shape index (κ1) is 17.3. The van der Waals surface area contributed by atoms with E-state index < -0.39 is 5.60 Å². The van der Waals surface area contributed by atoms with Gasteiger partial charge in [0.05, 0.1) is 12.7 Å². The summed E-state index contributed by atoms with van der Waals surface area (Å²) >= 11 is 1.68. The van der Waals surface area contributed by atoms with Crippen LogP contribution in [0.2, 0.25) is 0 Å². The van der Waals surface area contributed by atoms with Crippen LogP contribution in [0.4, 0.5) is 0 Å². The van der Waals surface area contributed by atoms with Crippen LogP contribution in [0.15, 0.2) is 35.7 Å². The Balaban J connectivity index is 1.54. The number of nitrogens with one attached hydrogen (secondary N) is 1. The van der Waals surface area contributed by atoms with Crippen molar-refractivity contribution in [1.29, 1.82) is 0 Å². The van der Waals surface area contributed by atoms with E-state index in [1.54, 1.807) is 18.4 Å². The van der Waals surface area contributed by atoms with Crippen molar-refractivity contribution in [2.75, 3.05) is 13.7 Å². The number of hydrogen-bond acceptors (Lipinski definition) is 5. The predicted molar refractivity (Wildman–Crippen MR) is 96.8 cm³/mol. The van der Waals surface area contributed by atoms with Gasteiger partial charge >= 0.3 is 0 Å². The average Bonchev–Trinajstić information content (AvgIpc) is 3.25. The molecule has 1 heterocycles. The van der Waals surface area contributed by atoms with Crippen LogP contribution in [-0.4, -0.2) is 24.4 Å². The van der Waals surface area contributed by atoms with E-state index in [1.165, 1.54) is 4.88 Å². The molecule has 0 bridgehead atoms. The van der Waals surface area contributed by atoms with Crippen molar-refractivity contribution < 1.29 is 14.6 Å². The van der Waals surface area contributed by atoms with Gasteiger partial charge < -0.3 is 19.9 Å². The zero-order chi connectivity index (χ0) is 16.8. The molecule has 0 saturated heterocycles. The van der Waals surface area contributed by atoms with Crippen molar-refractivity contribution in [1.82, 2.24) is 5.32 Å². The molecule has 5 heteroatoms. The van der Waals surface area contributed by atoms with Crippen LogP contribution >= 0.6 is 11.3 Å². The third kappa shape index (κ3) is 4.50. The van der Waals surface area contributed by atoms with Gasteiger partial charge in [-0.3, -0.25) is 0 Å². The number of aliphatic hydroxyl groups is 1. The third-order valence-corrected chi connectivity index (χ3v) is 5.35. The molecule has 1 saturated carbocycles. The second-order valence-corrected chi connectivity index (χ2v) is 7.42. The van der Waals surface area contributed by atoms with E-state index in [-0.39, 0.29) is 0 Å². The lowest BCUT2D eigenvalue weighted by atomic mass is 10.0. The number of hydrogen-bond donors (Lipinski definition) is 2. The van der Waals surface area contributed by atoms with Crippen LogP contribution in [0.1, 0.15) is 36.1 Å². The Bertz CT molecular complexity index is 636. The smallest absolute Gasteiger partial charge is 0.161 e.